The topological polar surface area (TPSA) is 67.3 Å². The van der Waals surface area contributed by atoms with Crippen molar-refractivity contribution in [1.82, 2.24) is 9.97 Å². The van der Waals surface area contributed by atoms with Gasteiger partial charge in [0.05, 0.1) is 21.8 Å². The molecule has 0 saturated carbocycles. The molecule has 8 heteroatoms. The highest BCUT2D eigenvalue weighted by Gasteiger charge is 2.26. The number of nitrogens with one attached hydrogen (secondary N) is 1. The van der Waals surface area contributed by atoms with E-state index in [9.17, 15) is 4.79 Å². The van der Waals surface area contributed by atoms with Gasteiger partial charge < -0.3 is 15.0 Å². The number of ether oxygens (including phenoxy) is 1. The normalized spacial score (nSPS) is 15.0. The van der Waals surface area contributed by atoms with Gasteiger partial charge in [0.25, 0.3) is 0 Å². The molecule has 1 aliphatic heterocycles. The Balaban J connectivity index is 1.37. The summed E-state index contributed by atoms with van der Waals surface area (Å²) in [5, 5.41) is 4.43. The number of anilines is 2. The third kappa shape index (κ3) is 4.20. The van der Waals surface area contributed by atoms with E-state index >= 15 is 0 Å². The highest BCUT2D eigenvalue weighted by molar-refractivity contribution is 7.22. The molecule has 6 nitrogen and oxygen atoms in total. The van der Waals surface area contributed by atoms with E-state index in [1.807, 2.05) is 25.1 Å². The molecular weight excluding hydrogens is 396 g/mol. The number of piperidine rings is 1. The van der Waals surface area contributed by atoms with E-state index in [-0.39, 0.29) is 11.8 Å². The molecule has 3 heterocycles. The molecule has 4 rings (SSSR count). The number of hydrogen-bond acceptors (Lipinski definition) is 6. The minimum absolute atomic E-state index is 0.0140. The molecule has 0 aliphatic carbocycles. The number of aromatic nitrogens is 2. The maximum atomic E-state index is 12.5. The first kappa shape index (κ1) is 19.0. The average molecular weight is 417 g/mol. The zero-order valence-corrected chi connectivity index (χ0v) is 17.1. The lowest BCUT2D eigenvalue weighted by molar-refractivity contribution is -0.120. The second-order valence-electron chi connectivity index (χ2n) is 6.67. The van der Waals surface area contributed by atoms with E-state index in [2.05, 4.69) is 15.2 Å². The first-order valence-electron chi connectivity index (χ1n) is 9.33. The zero-order chi connectivity index (χ0) is 19.5. The minimum Gasteiger partial charge on any atom is -0.494 e. The number of carbonyl (C=O) groups excluding carboxylic acids is 1. The summed E-state index contributed by atoms with van der Waals surface area (Å²) in [5.74, 6) is 1.40. The van der Waals surface area contributed by atoms with Gasteiger partial charge in [-0.1, -0.05) is 22.9 Å². The lowest BCUT2D eigenvalue weighted by Crippen LogP contribution is -2.38. The fourth-order valence-electron chi connectivity index (χ4n) is 3.30. The predicted molar refractivity (Wildman–Crippen MR) is 114 cm³/mol. The van der Waals surface area contributed by atoms with E-state index in [0.29, 0.717) is 17.4 Å². The van der Waals surface area contributed by atoms with Crippen molar-refractivity contribution < 1.29 is 9.53 Å². The summed E-state index contributed by atoms with van der Waals surface area (Å²) >= 11 is 7.50. The molecule has 1 saturated heterocycles. The molecule has 28 heavy (non-hydrogen) atoms. The molecule has 1 amide bonds. The van der Waals surface area contributed by atoms with Gasteiger partial charge in [0.2, 0.25) is 5.91 Å². The quantitative estimate of drug-likeness (QED) is 0.658. The van der Waals surface area contributed by atoms with Gasteiger partial charge in [0.15, 0.2) is 5.13 Å². The van der Waals surface area contributed by atoms with Crippen molar-refractivity contribution in [3.05, 3.63) is 41.6 Å². The summed E-state index contributed by atoms with van der Waals surface area (Å²) in [5.41, 5.74) is 0.983. The van der Waals surface area contributed by atoms with Gasteiger partial charge in [0.1, 0.15) is 11.6 Å². The third-order valence-corrected chi connectivity index (χ3v) is 6.08. The van der Waals surface area contributed by atoms with Crippen LogP contribution in [-0.4, -0.2) is 35.6 Å². The van der Waals surface area contributed by atoms with Gasteiger partial charge in [-0.05, 0) is 50.1 Å². The Labute approximate surface area is 172 Å². The van der Waals surface area contributed by atoms with Crippen LogP contribution in [0, 0.1) is 5.92 Å². The highest BCUT2D eigenvalue weighted by atomic mass is 35.5. The number of fused-ring (bicyclic) bond motifs is 1. The molecule has 1 N–H and O–H groups in total. The van der Waals surface area contributed by atoms with Gasteiger partial charge in [-0.25, -0.2) is 9.97 Å². The van der Waals surface area contributed by atoms with Crippen LogP contribution in [0.15, 0.2) is 36.5 Å². The van der Waals surface area contributed by atoms with Crippen molar-refractivity contribution in [3.63, 3.8) is 0 Å². The Morgan fingerprint density at radius 1 is 1.32 bits per heavy atom. The maximum absolute atomic E-state index is 12.5. The fourth-order valence-corrected chi connectivity index (χ4v) is 4.45. The van der Waals surface area contributed by atoms with E-state index in [1.54, 1.807) is 23.5 Å². The summed E-state index contributed by atoms with van der Waals surface area (Å²) < 4.78 is 6.69. The second-order valence-corrected chi connectivity index (χ2v) is 8.12. The molecule has 0 bridgehead atoms. The van der Waals surface area contributed by atoms with Crippen molar-refractivity contribution in [3.8, 4) is 5.75 Å². The maximum Gasteiger partial charge on any atom is 0.228 e. The van der Waals surface area contributed by atoms with Gasteiger partial charge in [-0.3, -0.25) is 4.79 Å². The lowest BCUT2D eigenvalue weighted by Gasteiger charge is -2.30. The largest absolute Gasteiger partial charge is 0.494 e. The number of thiazole rings is 1. The Bertz CT molecular complexity index is 968. The van der Waals surface area contributed by atoms with Crippen molar-refractivity contribution in [2.75, 3.05) is 29.9 Å². The molecule has 3 aromatic rings. The first-order valence-corrected chi connectivity index (χ1v) is 10.5. The molecule has 0 radical (unpaired) electrons. The minimum atomic E-state index is -0.0207. The number of nitrogens with zero attached hydrogens (tertiary/aromatic N) is 3. The molecule has 146 valence electrons. The van der Waals surface area contributed by atoms with Crippen LogP contribution in [0.4, 0.5) is 10.9 Å². The van der Waals surface area contributed by atoms with Crippen LogP contribution in [-0.2, 0) is 4.79 Å². The summed E-state index contributed by atoms with van der Waals surface area (Å²) in [6.45, 7) is 4.25. The molecule has 2 aromatic heterocycles. The summed E-state index contributed by atoms with van der Waals surface area (Å²) in [6.07, 6.45) is 3.11. The van der Waals surface area contributed by atoms with E-state index in [1.165, 1.54) is 6.20 Å². The summed E-state index contributed by atoms with van der Waals surface area (Å²) in [6, 6.07) is 9.43. The SMILES string of the molecule is CCOc1ccc2nc(N3CCC(C(=O)Nc4ccc(Cl)cn4)CC3)sc2c1. The van der Waals surface area contributed by atoms with Gasteiger partial charge in [-0.2, -0.15) is 0 Å². The van der Waals surface area contributed by atoms with E-state index < -0.39 is 0 Å². The highest BCUT2D eigenvalue weighted by Crippen LogP contribution is 2.33. The molecule has 0 unspecified atom stereocenters. The Morgan fingerprint density at radius 2 is 2.14 bits per heavy atom. The van der Waals surface area contributed by atoms with Crippen molar-refractivity contribution in [2.45, 2.75) is 19.8 Å². The van der Waals surface area contributed by atoms with Crippen LogP contribution in [0.25, 0.3) is 10.2 Å². The Morgan fingerprint density at radius 3 is 2.86 bits per heavy atom. The van der Waals surface area contributed by atoms with E-state index in [0.717, 1.165) is 47.0 Å². The van der Waals surface area contributed by atoms with E-state index in [4.69, 9.17) is 21.3 Å². The second kappa shape index (κ2) is 8.32. The molecule has 1 aliphatic rings. The van der Waals surface area contributed by atoms with Crippen molar-refractivity contribution >= 4 is 50.0 Å². The number of halogens is 1. The van der Waals surface area contributed by atoms with Crippen LogP contribution < -0.4 is 15.0 Å². The number of rotatable bonds is 5. The summed E-state index contributed by atoms with van der Waals surface area (Å²) in [7, 11) is 0. The van der Waals surface area contributed by atoms with Gasteiger partial charge >= 0.3 is 0 Å². The molecule has 0 atom stereocenters. The zero-order valence-electron chi connectivity index (χ0n) is 15.5. The molecule has 1 aromatic carbocycles. The Hall–Kier alpha value is -2.38. The monoisotopic (exact) mass is 416 g/mol. The number of hydrogen-bond donors (Lipinski definition) is 1. The van der Waals surface area contributed by atoms with Gasteiger partial charge in [-0.15, -0.1) is 0 Å². The smallest absolute Gasteiger partial charge is 0.228 e. The average Bonchev–Trinajstić information content (AvgIpc) is 3.13. The lowest BCUT2D eigenvalue weighted by atomic mass is 9.96. The van der Waals surface area contributed by atoms with Crippen LogP contribution in [0.3, 0.4) is 0 Å². The number of benzene rings is 1. The van der Waals surface area contributed by atoms with Crippen LogP contribution in [0.1, 0.15) is 19.8 Å². The fraction of sp³-hybridized carbons (Fsp3) is 0.350. The van der Waals surface area contributed by atoms with Crippen molar-refractivity contribution in [1.29, 1.82) is 0 Å². The summed E-state index contributed by atoms with van der Waals surface area (Å²) in [4.78, 5) is 23.6. The predicted octanol–water partition coefficient (Wildman–Crippen LogP) is 4.60. The number of pyridine rings is 1. The van der Waals surface area contributed by atoms with Crippen LogP contribution >= 0.6 is 22.9 Å². The number of amides is 1. The molecule has 1 fully saturated rings. The van der Waals surface area contributed by atoms with Crippen molar-refractivity contribution in [2.24, 2.45) is 5.92 Å². The van der Waals surface area contributed by atoms with Gasteiger partial charge in [0, 0.05) is 25.2 Å². The standard InChI is InChI=1S/C20H21ClN4O2S/c1-2-27-15-4-5-16-17(11-15)28-20(23-16)25-9-7-13(8-10-25)19(26)24-18-6-3-14(21)12-22-18/h3-6,11-13H,2,7-10H2,1H3,(H,22,24,26). The Kier molecular flexibility index (Phi) is 5.64. The first-order chi connectivity index (χ1) is 13.6. The van der Waals surface area contributed by atoms with Crippen LogP contribution in [0.2, 0.25) is 5.02 Å². The third-order valence-electron chi connectivity index (χ3n) is 4.77. The number of carbonyl (C=O) groups is 1. The molecular formula is C20H21ClN4O2S. The van der Waals surface area contributed by atoms with Crippen LogP contribution in [0.5, 0.6) is 5.75 Å². The molecule has 0 spiro atoms.